The number of furan rings is 1. The van der Waals surface area contributed by atoms with Gasteiger partial charge >= 0.3 is 6.18 Å². The Morgan fingerprint density at radius 2 is 1.82 bits per heavy atom. The number of ether oxygens (including phenoxy) is 1. The summed E-state index contributed by atoms with van der Waals surface area (Å²) >= 11 is 0. The molecule has 3 aromatic rings. The van der Waals surface area contributed by atoms with Gasteiger partial charge in [0.05, 0.1) is 24.9 Å². The average Bonchev–Trinajstić information content (AvgIpc) is 3.29. The zero-order chi connectivity index (χ0) is 23.0. The van der Waals surface area contributed by atoms with Crippen molar-refractivity contribution in [1.29, 1.82) is 0 Å². The van der Waals surface area contributed by atoms with Gasteiger partial charge in [-0.15, -0.1) is 12.4 Å². The standard InChI is InChI=1S/C24H25F3N2O3.ClH/c1-28-23(30)16-29(15-22-9-4-12-31-22)11-10-18-5-3-8-21(14-18)32-17-19-6-2-7-20(13-19)24(25,26)27;/h2-9,12-14H,10-11,15-17H2,1H3,(H,28,30);1H. The van der Waals surface area contributed by atoms with E-state index in [4.69, 9.17) is 9.15 Å². The van der Waals surface area contributed by atoms with Crippen LogP contribution in [0.1, 0.15) is 22.5 Å². The largest absolute Gasteiger partial charge is 0.489 e. The highest BCUT2D eigenvalue weighted by molar-refractivity contribution is 5.85. The van der Waals surface area contributed by atoms with E-state index in [-0.39, 0.29) is 31.5 Å². The number of nitrogens with one attached hydrogen (secondary N) is 1. The quantitative estimate of drug-likeness (QED) is 0.437. The molecule has 178 valence electrons. The van der Waals surface area contributed by atoms with Crippen molar-refractivity contribution in [2.75, 3.05) is 20.1 Å². The first kappa shape index (κ1) is 26.3. The lowest BCUT2D eigenvalue weighted by atomic mass is 10.1. The van der Waals surface area contributed by atoms with E-state index in [0.717, 1.165) is 23.5 Å². The fourth-order valence-electron chi connectivity index (χ4n) is 3.20. The molecule has 0 aliphatic rings. The molecule has 0 aliphatic carbocycles. The summed E-state index contributed by atoms with van der Waals surface area (Å²) in [7, 11) is 1.60. The Balaban J connectivity index is 0.00000385. The molecule has 0 radical (unpaired) electrons. The molecule has 0 aliphatic heterocycles. The highest BCUT2D eigenvalue weighted by Crippen LogP contribution is 2.29. The maximum absolute atomic E-state index is 12.9. The van der Waals surface area contributed by atoms with E-state index >= 15 is 0 Å². The number of carbonyl (C=O) groups excluding carboxylic acids is 1. The van der Waals surface area contributed by atoms with E-state index in [1.54, 1.807) is 31.5 Å². The van der Waals surface area contributed by atoms with E-state index in [1.165, 1.54) is 6.07 Å². The summed E-state index contributed by atoms with van der Waals surface area (Å²) < 4.78 is 49.7. The minimum Gasteiger partial charge on any atom is -0.489 e. The lowest BCUT2D eigenvalue weighted by Crippen LogP contribution is -2.36. The van der Waals surface area contributed by atoms with Crippen LogP contribution in [0.3, 0.4) is 0 Å². The summed E-state index contributed by atoms with van der Waals surface area (Å²) in [5.41, 5.74) is 0.744. The molecule has 1 amide bonds. The number of benzene rings is 2. The normalized spacial score (nSPS) is 11.2. The molecule has 3 rings (SSSR count). The summed E-state index contributed by atoms with van der Waals surface area (Å²) in [5, 5.41) is 2.63. The fourth-order valence-corrected chi connectivity index (χ4v) is 3.20. The van der Waals surface area contributed by atoms with Gasteiger partial charge in [0.1, 0.15) is 18.1 Å². The van der Waals surface area contributed by atoms with Gasteiger partial charge in [-0.3, -0.25) is 9.69 Å². The van der Waals surface area contributed by atoms with Gasteiger partial charge in [0.2, 0.25) is 5.91 Å². The number of halogens is 4. The Labute approximate surface area is 196 Å². The van der Waals surface area contributed by atoms with Crippen LogP contribution in [0.4, 0.5) is 13.2 Å². The summed E-state index contributed by atoms with van der Waals surface area (Å²) in [5.74, 6) is 1.26. The summed E-state index contributed by atoms with van der Waals surface area (Å²) in [4.78, 5) is 13.8. The molecule has 0 atom stereocenters. The van der Waals surface area contributed by atoms with Gasteiger partial charge in [0.15, 0.2) is 0 Å². The first-order valence-electron chi connectivity index (χ1n) is 10.2. The second-order valence-corrected chi connectivity index (χ2v) is 7.35. The van der Waals surface area contributed by atoms with Crippen LogP contribution >= 0.6 is 12.4 Å². The molecule has 0 saturated heterocycles. The summed E-state index contributed by atoms with van der Waals surface area (Å²) in [6.45, 7) is 1.40. The van der Waals surface area contributed by atoms with Gasteiger partial charge in [0, 0.05) is 13.6 Å². The van der Waals surface area contributed by atoms with Crippen molar-refractivity contribution >= 4 is 18.3 Å². The third kappa shape index (κ3) is 8.47. The van der Waals surface area contributed by atoms with Crippen molar-refractivity contribution in [3.63, 3.8) is 0 Å². The van der Waals surface area contributed by atoms with Gasteiger partial charge in [-0.1, -0.05) is 24.3 Å². The first-order chi connectivity index (χ1) is 15.3. The van der Waals surface area contributed by atoms with Crippen molar-refractivity contribution in [2.45, 2.75) is 25.7 Å². The Bertz CT molecular complexity index is 1010. The van der Waals surface area contributed by atoms with E-state index in [9.17, 15) is 18.0 Å². The van der Waals surface area contributed by atoms with Crippen LogP contribution in [0, 0.1) is 0 Å². The van der Waals surface area contributed by atoms with E-state index in [2.05, 4.69) is 5.32 Å². The third-order valence-corrected chi connectivity index (χ3v) is 4.88. The molecule has 0 spiro atoms. The van der Waals surface area contributed by atoms with E-state index < -0.39 is 11.7 Å². The third-order valence-electron chi connectivity index (χ3n) is 4.88. The molecule has 0 bridgehead atoms. The molecule has 0 saturated carbocycles. The number of rotatable bonds is 10. The number of carbonyl (C=O) groups is 1. The van der Waals surface area contributed by atoms with Crippen LogP contribution in [0.2, 0.25) is 0 Å². The Morgan fingerprint density at radius 3 is 2.52 bits per heavy atom. The lowest BCUT2D eigenvalue weighted by Gasteiger charge is -2.20. The van der Waals surface area contributed by atoms with Crippen LogP contribution in [0.25, 0.3) is 0 Å². The molecule has 1 heterocycles. The zero-order valence-corrected chi connectivity index (χ0v) is 18.9. The minimum absolute atomic E-state index is 0. The highest BCUT2D eigenvalue weighted by Gasteiger charge is 2.30. The highest BCUT2D eigenvalue weighted by atomic mass is 35.5. The molecule has 0 unspecified atom stereocenters. The van der Waals surface area contributed by atoms with Gasteiger partial charge in [-0.05, 0) is 53.9 Å². The van der Waals surface area contributed by atoms with Crippen LogP contribution in [0.15, 0.2) is 71.3 Å². The molecular weight excluding hydrogens is 457 g/mol. The monoisotopic (exact) mass is 482 g/mol. The second kappa shape index (κ2) is 12.3. The van der Waals surface area contributed by atoms with Crippen molar-refractivity contribution < 1.29 is 27.1 Å². The average molecular weight is 483 g/mol. The number of hydrogen-bond acceptors (Lipinski definition) is 4. The van der Waals surface area contributed by atoms with Crippen LogP contribution < -0.4 is 10.1 Å². The number of nitrogens with zero attached hydrogens (tertiary/aromatic N) is 1. The molecule has 1 N–H and O–H groups in total. The van der Waals surface area contributed by atoms with Crippen molar-refractivity contribution in [3.8, 4) is 5.75 Å². The topological polar surface area (TPSA) is 54.7 Å². The van der Waals surface area contributed by atoms with E-state index in [1.807, 2.05) is 29.2 Å². The molecule has 2 aromatic carbocycles. The Hall–Kier alpha value is -2.97. The SMILES string of the molecule is CNC(=O)CN(CCc1cccc(OCc2cccc(C(F)(F)F)c2)c1)Cc1ccco1.Cl. The van der Waals surface area contributed by atoms with Gasteiger partial charge in [-0.25, -0.2) is 0 Å². The summed E-state index contributed by atoms with van der Waals surface area (Å²) in [6.07, 6.45) is -2.12. The first-order valence-corrected chi connectivity index (χ1v) is 10.2. The Morgan fingerprint density at radius 1 is 1.06 bits per heavy atom. The number of likely N-dealkylation sites (N-methyl/N-ethyl adjacent to an activating group) is 1. The number of amides is 1. The zero-order valence-electron chi connectivity index (χ0n) is 18.1. The van der Waals surface area contributed by atoms with Crippen LogP contribution in [-0.4, -0.2) is 30.9 Å². The van der Waals surface area contributed by atoms with E-state index in [0.29, 0.717) is 30.8 Å². The van der Waals surface area contributed by atoms with Gasteiger partial charge in [-0.2, -0.15) is 13.2 Å². The molecule has 9 heteroatoms. The smallest absolute Gasteiger partial charge is 0.416 e. The lowest BCUT2D eigenvalue weighted by molar-refractivity contribution is -0.137. The number of hydrogen-bond donors (Lipinski definition) is 1. The molecular formula is C24H26ClF3N2O3. The van der Waals surface area contributed by atoms with Crippen LogP contribution in [0.5, 0.6) is 5.75 Å². The van der Waals surface area contributed by atoms with Crippen molar-refractivity contribution in [3.05, 3.63) is 89.4 Å². The fraction of sp³-hybridized carbons (Fsp3) is 0.292. The molecule has 1 aromatic heterocycles. The maximum atomic E-state index is 12.9. The van der Waals surface area contributed by atoms with Gasteiger partial charge in [0.25, 0.3) is 0 Å². The molecule has 0 fully saturated rings. The number of alkyl halides is 3. The molecule has 33 heavy (non-hydrogen) atoms. The predicted molar refractivity (Wildman–Crippen MR) is 121 cm³/mol. The van der Waals surface area contributed by atoms with Crippen molar-refractivity contribution in [2.24, 2.45) is 0 Å². The van der Waals surface area contributed by atoms with Crippen molar-refractivity contribution in [1.82, 2.24) is 10.2 Å². The Kier molecular flexibility index (Phi) is 9.81. The summed E-state index contributed by atoms with van der Waals surface area (Å²) in [6, 6.07) is 16.2. The molecule has 5 nitrogen and oxygen atoms in total. The van der Waals surface area contributed by atoms with Gasteiger partial charge < -0.3 is 14.5 Å². The second-order valence-electron chi connectivity index (χ2n) is 7.35. The predicted octanol–water partition coefficient (Wildman–Crippen LogP) is 5.09. The van der Waals surface area contributed by atoms with Crippen LogP contribution in [-0.2, 0) is 30.5 Å². The minimum atomic E-state index is -4.38. The maximum Gasteiger partial charge on any atom is 0.416 e.